The molecule has 1 aromatic heterocycles. The molecule has 2 N–H and O–H groups in total. The zero-order valence-electron chi connectivity index (χ0n) is 7.41. The molecule has 0 atom stereocenters. The highest BCUT2D eigenvalue weighted by Gasteiger charge is 2.14. The van der Waals surface area contributed by atoms with Gasteiger partial charge in [0, 0.05) is 5.56 Å². The Morgan fingerprint density at radius 3 is 2.73 bits per heavy atom. The van der Waals surface area contributed by atoms with Crippen molar-refractivity contribution >= 4 is 5.97 Å². The Bertz CT molecular complexity index is 506. The van der Waals surface area contributed by atoms with E-state index in [0.29, 0.717) is 5.56 Å². The first kappa shape index (κ1) is 9.20. The summed E-state index contributed by atoms with van der Waals surface area (Å²) in [6.45, 7) is 0. The van der Waals surface area contributed by atoms with Gasteiger partial charge in [-0.05, 0) is 18.2 Å². The highest BCUT2D eigenvalue weighted by Crippen LogP contribution is 2.21. The molecule has 0 spiro atoms. The second-order valence-electron chi connectivity index (χ2n) is 2.77. The molecule has 0 bridgehead atoms. The zero-order chi connectivity index (χ0) is 10.8. The fraction of sp³-hybridized carbons (Fsp3) is 0. The Morgan fingerprint density at radius 1 is 1.33 bits per heavy atom. The van der Waals surface area contributed by atoms with Crippen molar-refractivity contribution in [3.8, 4) is 17.2 Å². The number of hydrogen-bond donors (Lipinski definition) is 2. The first-order valence-corrected chi connectivity index (χ1v) is 4.03. The van der Waals surface area contributed by atoms with Gasteiger partial charge < -0.3 is 14.6 Å². The molecule has 2 rings (SSSR count). The minimum absolute atomic E-state index is 0.0441. The molecular weight excluding hydrogens is 200 g/mol. The van der Waals surface area contributed by atoms with Crippen molar-refractivity contribution in [1.29, 1.82) is 0 Å². The van der Waals surface area contributed by atoms with Crippen molar-refractivity contribution in [3.05, 3.63) is 30.2 Å². The Morgan fingerprint density at radius 2 is 2.13 bits per heavy atom. The standard InChI is InChI=1S/C9H6N2O4/c12-6-3-1-2-5(4-6)7-10-11-8(15-7)9(13)14/h1-4,12H,(H,13,14). The number of aromatic nitrogens is 2. The molecule has 0 aliphatic carbocycles. The van der Waals surface area contributed by atoms with Crippen molar-refractivity contribution in [3.63, 3.8) is 0 Å². The second-order valence-corrected chi connectivity index (χ2v) is 2.77. The van der Waals surface area contributed by atoms with Crippen LogP contribution in [0.15, 0.2) is 28.7 Å². The van der Waals surface area contributed by atoms with Gasteiger partial charge in [-0.15, -0.1) is 10.2 Å². The second kappa shape index (κ2) is 3.41. The number of aromatic hydroxyl groups is 1. The lowest BCUT2D eigenvalue weighted by molar-refractivity contribution is 0.0654. The van der Waals surface area contributed by atoms with Crippen LogP contribution in [0, 0.1) is 0 Å². The van der Waals surface area contributed by atoms with E-state index in [2.05, 4.69) is 10.2 Å². The third-order valence-corrected chi connectivity index (χ3v) is 1.70. The first-order chi connectivity index (χ1) is 7.16. The van der Waals surface area contributed by atoms with Crippen LogP contribution < -0.4 is 0 Å². The van der Waals surface area contributed by atoms with Gasteiger partial charge in [0.15, 0.2) is 0 Å². The molecule has 0 amide bonds. The van der Waals surface area contributed by atoms with Crippen LogP contribution in [0.1, 0.15) is 10.7 Å². The van der Waals surface area contributed by atoms with Crippen LogP contribution in [0.2, 0.25) is 0 Å². The summed E-state index contributed by atoms with van der Waals surface area (Å²) >= 11 is 0. The van der Waals surface area contributed by atoms with E-state index in [1.54, 1.807) is 12.1 Å². The number of aromatic carboxylic acids is 1. The van der Waals surface area contributed by atoms with E-state index in [-0.39, 0.29) is 11.6 Å². The van der Waals surface area contributed by atoms with E-state index >= 15 is 0 Å². The summed E-state index contributed by atoms with van der Waals surface area (Å²) < 4.78 is 4.85. The summed E-state index contributed by atoms with van der Waals surface area (Å²) in [5.41, 5.74) is 0.468. The number of phenols is 1. The van der Waals surface area contributed by atoms with Gasteiger partial charge in [0.2, 0.25) is 5.89 Å². The molecule has 2 aromatic rings. The number of carboxylic acids is 1. The highest BCUT2D eigenvalue weighted by atomic mass is 16.4. The van der Waals surface area contributed by atoms with E-state index in [0.717, 1.165) is 0 Å². The fourth-order valence-electron chi connectivity index (χ4n) is 1.07. The van der Waals surface area contributed by atoms with Crippen LogP contribution in [-0.2, 0) is 0 Å². The van der Waals surface area contributed by atoms with E-state index in [4.69, 9.17) is 9.52 Å². The van der Waals surface area contributed by atoms with Gasteiger partial charge in [0.05, 0.1) is 0 Å². The molecule has 0 saturated carbocycles. The topological polar surface area (TPSA) is 96.5 Å². The smallest absolute Gasteiger partial charge is 0.393 e. The minimum atomic E-state index is -1.28. The predicted octanol–water partition coefficient (Wildman–Crippen LogP) is 1.14. The average Bonchev–Trinajstić information content (AvgIpc) is 2.66. The molecule has 0 fully saturated rings. The first-order valence-electron chi connectivity index (χ1n) is 4.03. The molecule has 0 aliphatic heterocycles. The minimum Gasteiger partial charge on any atom is -0.508 e. The molecule has 1 aromatic carbocycles. The summed E-state index contributed by atoms with van der Waals surface area (Å²) in [7, 11) is 0. The molecule has 6 heteroatoms. The third-order valence-electron chi connectivity index (χ3n) is 1.70. The lowest BCUT2D eigenvalue weighted by Gasteiger charge is -1.94. The zero-order valence-corrected chi connectivity index (χ0v) is 7.41. The Kier molecular flexibility index (Phi) is 2.09. The normalized spacial score (nSPS) is 10.1. The lowest BCUT2D eigenvalue weighted by Crippen LogP contribution is -1.95. The Labute approximate surface area is 83.8 Å². The number of nitrogens with zero attached hydrogens (tertiary/aromatic N) is 2. The molecule has 0 unspecified atom stereocenters. The number of carboxylic acid groups (broad SMARTS) is 1. The molecular formula is C9H6N2O4. The third kappa shape index (κ3) is 1.78. The Hall–Kier alpha value is -2.37. The van der Waals surface area contributed by atoms with Crippen molar-refractivity contribution in [1.82, 2.24) is 10.2 Å². The average molecular weight is 206 g/mol. The monoisotopic (exact) mass is 206 g/mol. The summed E-state index contributed by atoms with van der Waals surface area (Å²) in [6.07, 6.45) is 0. The summed E-state index contributed by atoms with van der Waals surface area (Å²) in [5, 5.41) is 24.6. The molecule has 0 saturated heterocycles. The van der Waals surface area contributed by atoms with Crippen molar-refractivity contribution in [2.24, 2.45) is 0 Å². The van der Waals surface area contributed by atoms with Crippen molar-refractivity contribution < 1.29 is 19.4 Å². The summed E-state index contributed by atoms with van der Waals surface area (Å²) in [4.78, 5) is 10.5. The molecule has 6 nitrogen and oxygen atoms in total. The number of carbonyl (C=O) groups is 1. The van der Waals surface area contributed by atoms with Crippen molar-refractivity contribution in [2.45, 2.75) is 0 Å². The largest absolute Gasteiger partial charge is 0.508 e. The quantitative estimate of drug-likeness (QED) is 0.764. The van der Waals surface area contributed by atoms with E-state index in [1.165, 1.54) is 12.1 Å². The van der Waals surface area contributed by atoms with Gasteiger partial charge in [0.1, 0.15) is 5.75 Å². The molecule has 1 heterocycles. The van der Waals surface area contributed by atoms with Gasteiger partial charge in [-0.1, -0.05) is 6.07 Å². The molecule has 0 aliphatic rings. The van der Waals surface area contributed by atoms with Gasteiger partial charge in [0.25, 0.3) is 0 Å². The summed E-state index contributed by atoms with van der Waals surface area (Å²) in [6, 6.07) is 6.10. The summed E-state index contributed by atoms with van der Waals surface area (Å²) in [5.74, 6) is -1.66. The maximum Gasteiger partial charge on any atom is 0.393 e. The number of benzene rings is 1. The lowest BCUT2D eigenvalue weighted by atomic mass is 10.2. The van der Waals surface area contributed by atoms with Crippen LogP contribution in [-0.4, -0.2) is 26.4 Å². The van der Waals surface area contributed by atoms with Gasteiger partial charge >= 0.3 is 11.9 Å². The fourth-order valence-corrected chi connectivity index (χ4v) is 1.07. The maximum atomic E-state index is 10.5. The van der Waals surface area contributed by atoms with Gasteiger partial charge in [-0.2, -0.15) is 0 Å². The molecule has 15 heavy (non-hydrogen) atoms. The van der Waals surface area contributed by atoms with Crippen LogP contribution in [0.25, 0.3) is 11.5 Å². The van der Waals surface area contributed by atoms with Crippen LogP contribution in [0.4, 0.5) is 0 Å². The SMILES string of the molecule is O=C(O)c1nnc(-c2cccc(O)c2)o1. The predicted molar refractivity (Wildman–Crippen MR) is 48.4 cm³/mol. The number of hydrogen-bond acceptors (Lipinski definition) is 5. The molecule has 76 valence electrons. The highest BCUT2D eigenvalue weighted by molar-refractivity contribution is 5.82. The van der Waals surface area contributed by atoms with Crippen LogP contribution >= 0.6 is 0 Å². The molecule has 0 radical (unpaired) electrons. The van der Waals surface area contributed by atoms with E-state index in [9.17, 15) is 9.90 Å². The number of phenolic OH excluding ortho intramolecular Hbond substituents is 1. The van der Waals surface area contributed by atoms with Crippen molar-refractivity contribution in [2.75, 3.05) is 0 Å². The van der Waals surface area contributed by atoms with E-state index < -0.39 is 11.9 Å². The van der Waals surface area contributed by atoms with Crippen LogP contribution in [0.3, 0.4) is 0 Å². The van der Waals surface area contributed by atoms with Gasteiger partial charge in [-0.3, -0.25) is 0 Å². The van der Waals surface area contributed by atoms with Crippen LogP contribution in [0.5, 0.6) is 5.75 Å². The van der Waals surface area contributed by atoms with Gasteiger partial charge in [-0.25, -0.2) is 4.79 Å². The van der Waals surface area contributed by atoms with E-state index in [1.807, 2.05) is 0 Å². The maximum absolute atomic E-state index is 10.5. The Balaban J connectivity index is 2.41. The number of rotatable bonds is 2.